The molecule has 2 aliphatic rings. The molecule has 1 fully saturated rings. The lowest BCUT2D eigenvalue weighted by atomic mass is 9.68. The van der Waals surface area contributed by atoms with E-state index in [0.29, 0.717) is 48.5 Å². The number of nitriles is 1. The third-order valence-electron chi connectivity index (χ3n) is 8.52. The quantitative estimate of drug-likeness (QED) is 0.402. The summed E-state index contributed by atoms with van der Waals surface area (Å²) in [6, 6.07) is 13.1. The van der Waals surface area contributed by atoms with E-state index in [1.54, 1.807) is 55.0 Å². The fraction of sp³-hybridized carbons (Fsp3) is 0.406. The first-order valence-electron chi connectivity index (χ1n) is 14.6. The van der Waals surface area contributed by atoms with Gasteiger partial charge in [0.2, 0.25) is 5.91 Å². The summed E-state index contributed by atoms with van der Waals surface area (Å²) in [5.74, 6) is 0.0179. The topological polar surface area (TPSA) is 151 Å². The molecule has 1 aliphatic heterocycles. The molecule has 1 atom stereocenters. The number of benzene rings is 2. The molecule has 44 heavy (non-hydrogen) atoms. The number of allylic oxidation sites excluding steroid dienone is 1. The Bertz CT molecular complexity index is 1570. The minimum atomic E-state index is -1.01. The van der Waals surface area contributed by atoms with Crippen LogP contribution in [0.15, 0.2) is 48.7 Å². The maximum Gasteiger partial charge on any atom is 0.253 e. The average molecular weight is 596 g/mol. The van der Waals surface area contributed by atoms with Gasteiger partial charge in [0.1, 0.15) is 6.04 Å². The van der Waals surface area contributed by atoms with Gasteiger partial charge in [-0.05, 0) is 72.2 Å². The fourth-order valence-electron chi connectivity index (χ4n) is 6.37. The zero-order valence-corrected chi connectivity index (χ0v) is 25.6. The second-order valence-corrected chi connectivity index (χ2v) is 11.8. The molecule has 3 aromatic rings. The molecule has 12 nitrogen and oxygen atoms in total. The number of hydrogen-bond acceptors (Lipinski definition) is 8. The van der Waals surface area contributed by atoms with Crippen LogP contribution in [-0.2, 0) is 23.1 Å². The van der Waals surface area contributed by atoms with Crippen molar-refractivity contribution in [3.05, 3.63) is 87.9 Å². The van der Waals surface area contributed by atoms with Gasteiger partial charge in [-0.25, -0.2) is 0 Å². The third kappa shape index (κ3) is 5.53. The number of aromatic nitrogens is 4. The molecule has 0 saturated carbocycles. The van der Waals surface area contributed by atoms with Crippen molar-refractivity contribution in [2.75, 3.05) is 41.3 Å². The summed E-state index contributed by atoms with van der Waals surface area (Å²) < 4.78 is 0. The van der Waals surface area contributed by atoms with Crippen molar-refractivity contribution < 1.29 is 14.4 Å². The number of hydrogen-bond donors (Lipinski definition) is 2. The van der Waals surface area contributed by atoms with E-state index in [-0.39, 0.29) is 30.7 Å². The van der Waals surface area contributed by atoms with Crippen LogP contribution >= 0.6 is 0 Å². The summed E-state index contributed by atoms with van der Waals surface area (Å²) in [6.45, 7) is 4.85. The normalized spacial score (nSPS) is 16.6. The summed E-state index contributed by atoms with van der Waals surface area (Å²) >= 11 is 0. The summed E-state index contributed by atoms with van der Waals surface area (Å²) in [5, 5.41) is 28.1. The summed E-state index contributed by atoms with van der Waals surface area (Å²) in [7, 11) is 6.87. The monoisotopic (exact) mass is 595 g/mol. The Hall–Kier alpha value is -5.05. The van der Waals surface area contributed by atoms with Crippen LogP contribution < -0.4 is 5.32 Å². The van der Waals surface area contributed by atoms with Crippen LogP contribution in [0.25, 0.3) is 0 Å². The molecule has 5 rings (SSSR count). The molecule has 3 amide bonds. The minimum absolute atomic E-state index is 0.00833. The van der Waals surface area contributed by atoms with Gasteiger partial charge in [0.15, 0.2) is 5.82 Å². The molecule has 1 unspecified atom stereocenters. The van der Waals surface area contributed by atoms with Gasteiger partial charge in [-0.3, -0.25) is 14.4 Å². The van der Waals surface area contributed by atoms with E-state index in [0.717, 1.165) is 28.7 Å². The second-order valence-electron chi connectivity index (χ2n) is 11.8. The Balaban J connectivity index is 1.61. The van der Waals surface area contributed by atoms with E-state index >= 15 is 0 Å². The number of nitrogens with one attached hydrogen (secondary N) is 2. The van der Waals surface area contributed by atoms with Crippen LogP contribution in [0, 0.1) is 11.3 Å². The molecular formula is C32H37N9O3. The molecule has 0 bridgehead atoms. The molecule has 0 radical (unpaired) electrons. The van der Waals surface area contributed by atoms with E-state index in [1.165, 1.54) is 0 Å². The lowest BCUT2D eigenvalue weighted by Gasteiger charge is -2.35. The predicted molar refractivity (Wildman–Crippen MR) is 162 cm³/mol. The molecule has 1 aliphatic carbocycles. The smallest absolute Gasteiger partial charge is 0.253 e. The number of fused-ring (bicyclic) bond motifs is 2. The van der Waals surface area contributed by atoms with Crippen molar-refractivity contribution in [2.45, 2.75) is 43.6 Å². The van der Waals surface area contributed by atoms with Gasteiger partial charge in [-0.2, -0.15) is 10.5 Å². The molecule has 0 spiro atoms. The van der Waals surface area contributed by atoms with Crippen LogP contribution in [0.3, 0.4) is 0 Å². The van der Waals surface area contributed by atoms with Crippen molar-refractivity contribution in [1.29, 1.82) is 5.26 Å². The van der Waals surface area contributed by atoms with Gasteiger partial charge in [-0.1, -0.05) is 23.9 Å². The number of amides is 3. The van der Waals surface area contributed by atoms with Crippen LogP contribution in [0.5, 0.6) is 0 Å². The SMILES string of the molecule is C=C(CC1(c2nn[nH]n2)c2ccc(C(=O)N(C)C)cc2CCc2cc(C(=O)N(C)C)ccc21)NCC(=O)N1CCCC1C#N. The van der Waals surface area contributed by atoms with E-state index in [4.69, 9.17) is 0 Å². The zero-order valence-electron chi connectivity index (χ0n) is 25.6. The molecule has 228 valence electrons. The van der Waals surface area contributed by atoms with Gasteiger partial charge in [0.05, 0.1) is 18.0 Å². The number of rotatable bonds is 8. The first-order valence-corrected chi connectivity index (χ1v) is 14.6. The molecule has 1 aromatic heterocycles. The first kappa shape index (κ1) is 30.4. The maximum absolute atomic E-state index is 13.0. The Morgan fingerprint density at radius 2 is 1.64 bits per heavy atom. The van der Waals surface area contributed by atoms with Crippen LogP contribution in [-0.4, -0.2) is 100 Å². The van der Waals surface area contributed by atoms with Crippen molar-refractivity contribution in [3.8, 4) is 6.07 Å². The summed E-state index contributed by atoms with van der Waals surface area (Å²) in [4.78, 5) is 43.6. The molecular weight excluding hydrogens is 558 g/mol. The number of aryl methyl sites for hydroxylation is 2. The van der Waals surface area contributed by atoms with Crippen molar-refractivity contribution in [2.24, 2.45) is 0 Å². The largest absolute Gasteiger partial charge is 0.380 e. The van der Waals surface area contributed by atoms with Crippen LogP contribution in [0.2, 0.25) is 0 Å². The van der Waals surface area contributed by atoms with Gasteiger partial charge in [0, 0.05) is 58.0 Å². The summed E-state index contributed by atoms with van der Waals surface area (Å²) in [5.41, 5.74) is 4.33. The van der Waals surface area contributed by atoms with Crippen molar-refractivity contribution in [1.82, 2.24) is 40.6 Å². The van der Waals surface area contributed by atoms with Gasteiger partial charge in [0.25, 0.3) is 11.8 Å². The Labute approximate surface area is 256 Å². The lowest BCUT2D eigenvalue weighted by molar-refractivity contribution is -0.130. The highest BCUT2D eigenvalue weighted by molar-refractivity contribution is 5.95. The number of aromatic amines is 1. The first-order chi connectivity index (χ1) is 21.1. The number of likely N-dealkylation sites (tertiary alicyclic amines) is 1. The Morgan fingerprint density at radius 1 is 1.05 bits per heavy atom. The highest BCUT2D eigenvalue weighted by Crippen LogP contribution is 2.47. The highest BCUT2D eigenvalue weighted by Gasteiger charge is 2.45. The van der Waals surface area contributed by atoms with E-state index in [9.17, 15) is 19.6 Å². The van der Waals surface area contributed by atoms with Crippen molar-refractivity contribution >= 4 is 17.7 Å². The van der Waals surface area contributed by atoms with Gasteiger partial charge in [-0.15, -0.1) is 10.2 Å². The molecule has 2 heterocycles. The second kappa shape index (κ2) is 12.3. The highest BCUT2D eigenvalue weighted by atomic mass is 16.2. The molecule has 2 N–H and O–H groups in total. The lowest BCUT2D eigenvalue weighted by Crippen LogP contribution is -2.41. The molecule has 1 saturated heterocycles. The Morgan fingerprint density at radius 3 is 2.14 bits per heavy atom. The minimum Gasteiger partial charge on any atom is -0.380 e. The third-order valence-corrected chi connectivity index (χ3v) is 8.52. The van der Waals surface area contributed by atoms with Crippen LogP contribution in [0.4, 0.5) is 0 Å². The standard InChI is InChI=1S/C32H37N9O3/c1-20(34-19-28(42)41-14-6-7-25(41)18-33)17-32(31-35-37-38-36-31)26-12-10-23(29(43)39(2)3)15-21(26)8-9-22-16-24(11-13-27(22)32)30(44)40(4)5/h10-13,15-16,25,34H,1,6-9,14,17,19H2,2-5H3,(H,35,36,37,38). The van der Waals surface area contributed by atoms with Crippen LogP contribution in [0.1, 0.15) is 68.1 Å². The molecule has 2 aromatic carbocycles. The predicted octanol–water partition coefficient (Wildman–Crippen LogP) is 2.04. The number of nitrogens with zero attached hydrogens (tertiary/aromatic N) is 7. The van der Waals surface area contributed by atoms with Gasteiger partial charge < -0.3 is 20.0 Å². The zero-order chi connectivity index (χ0) is 31.6. The summed E-state index contributed by atoms with van der Waals surface area (Å²) in [6.07, 6.45) is 2.96. The fourth-order valence-corrected chi connectivity index (χ4v) is 6.37. The van der Waals surface area contributed by atoms with Crippen molar-refractivity contribution in [3.63, 3.8) is 0 Å². The number of tetrazole rings is 1. The number of carbonyl (C=O) groups is 3. The number of H-pyrrole nitrogens is 1. The van der Waals surface area contributed by atoms with E-state index in [1.807, 2.05) is 24.3 Å². The maximum atomic E-state index is 13.0. The molecule has 12 heteroatoms. The average Bonchev–Trinajstić information content (AvgIpc) is 3.71. The van der Waals surface area contributed by atoms with Gasteiger partial charge >= 0.3 is 0 Å². The van der Waals surface area contributed by atoms with E-state index in [2.05, 4.69) is 38.6 Å². The van der Waals surface area contributed by atoms with E-state index < -0.39 is 11.5 Å². The number of carbonyl (C=O) groups excluding carboxylic acids is 3. The Kier molecular flexibility index (Phi) is 8.49.